The van der Waals surface area contributed by atoms with E-state index in [2.05, 4.69) is 5.32 Å². The highest BCUT2D eigenvalue weighted by molar-refractivity contribution is 6.11. The molecule has 1 N–H and O–H groups in total. The van der Waals surface area contributed by atoms with E-state index in [1.807, 2.05) is 59.2 Å². The molecule has 0 radical (unpaired) electrons. The number of amides is 1. The third-order valence-electron chi connectivity index (χ3n) is 5.45. The maximum absolute atomic E-state index is 13.3. The highest BCUT2D eigenvalue weighted by Gasteiger charge is 2.33. The number of benzene rings is 3. The number of hydrogen-bond acceptors (Lipinski definition) is 3. The molecule has 0 spiro atoms. The molecule has 1 amide bonds. The van der Waals surface area contributed by atoms with Crippen molar-refractivity contribution in [2.24, 2.45) is 0 Å². The lowest BCUT2D eigenvalue weighted by atomic mass is 10.1. The predicted octanol–water partition coefficient (Wildman–Crippen LogP) is 6.26. The second-order valence-corrected chi connectivity index (χ2v) is 7.75. The summed E-state index contributed by atoms with van der Waals surface area (Å²) in [5.74, 6) is -0.199. The third-order valence-corrected chi connectivity index (χ3v) is 5.45. The number of halogens is 3. The molecule has 0 unspecified atom stereocenters. The normalized spacial score (nSPS) is 11.8. The van der Waals surface area contributed by atoms with Crippen molar-refractivity contribution in [3.8, 4) is 11.8 Å². The number of aromatic nitrogens is 1. The zero-order valence-electron chi connectivity index (χ0n) is 18.6. The summed E-state index contributed by atoms with van der Waals surface area (Å²) < 4.78 is 47.1. The predicted molar refractivity (Wildman–Crippen MR) is 128 cm³/mol. The Bertz CT molecular complexity index is 1460. The van der Waals surface area contributed by atoms with Gasteiger partial charge in [0.1, 0.15) is 17.4 Å². The molecule has 3 aromatic carbocycles. The van der Waals surface area contributed by atoms with Crippen LogP contribution in [0.5, 0.6) is 5.75 Å². The number of fused-ring (bicyclic) bond motifs is 1. The molecule has 1 heterocycles. The lowest BCUT2D eigenvalue weighted by Gasteiger charge is -2.13. The van der Waals surface area contributed by atoms with Crippen molar-refractivity contribution in [3.05, 3.63) is 101 Å². The molecule has 0 aliphatic heterocycles. The molecule has 4 aromatic rings. The molecule has 1 aromatic heterocycles. The van der Waals surface area contributed by atoms with Gasteiger partial charge in [-0.3, -0.25) is 4.79 Å². The molecular formula is C27H20F3N3O2. The summed E-state index contributed by atoms with van der Waals surface area (Å²) in [6.07, 6.45) is -1.46. The Labute approximate surface area is 199 Å². The molecule has 0 atom stereocenters. The standard InChI is InChI=1S/C27H20F3N3O2/c1-35-21-8-6-7-18(13-21)16-33-17-20(22-9-2-5-12-25(22)33)14-19(15-31)26(34)32-24-11-4-3-10-23(24)27(28,29)30/h2-14,17H,16H2,1H3,(H,32,34)/b19-14+. The molecule has 0 bridgehead atoms. The fraction of sp³-hybridized carbons (Fsp3) is 0.111. The van der Waals surface area contributed by atoms with Crippen LogP contribution in [0.25, 0.3) is 17.0 Å². The summed E-state index contributed by atoms with van der Waals surface area (Å²) >= 11 is 0. The van der Waals surface area contributed by atoms with Crippen molar-refractivity contribution in [1.29, 1.82) is 5.26 Å². The van der Waals surface area contributed by atoms with E-state index in [9.17, 15) is 23.2 Å². The number of hydrogen-bond donors (Lipinski definition) is 1. The number of ether oxygens (including phenoxy) is 1. The second kappa shape index (κ2) is 9.77. The zero-order valence-corrected chi connectivity index (χ0v) is 18.6. The van der Waals surface area contributed by atoms with Gasteiger partial charge < -0.3 is 14.6 Å². The van der Waals surface area contributed by atoms with Crippen LogP contribution < -0.4 is 10.1 Å². The number of anilines is 1. The SMILES string of the molecule is COc1cccc(Cn2cc(/C=C(\C#N)C(=O)Nc3ccccc3C(F)(F)F)c3ccccc32)c1. The van der Waals surface area contributed by atoms with Gasteiger partial charge in [-0.2, -0.15) is 18.4 Å². The first-order valence-electron chi connectivity index (χ1n) is 10.6. The van der Waals surface area contributed by atoms with Gasteiger partial charge in [0, 0.05) is 29.2 Å². The number of nitrogens with one attached hydrogen (secondary N) is 1. The molecule has 5 nitrogen and oxygen atoms in total. The lowest BCUT2D eigenvalue weighted by molar-refractivity contribution is -0.137. The Kier molecular flexibility index (Phi) is 6.60. The second-order valence-electron chi connectivity index (χ2n) is 7.75. The number of methoxy groups -OCH3 is 1. The molecule has 8 heteroatoms. The first-order chi connectivity index (χ1) is 16.8. The summed E-state index contributed by atoms with van der Waals surface area (Å²) in [5.41, 5.74) is 0.752. The third kappa shape index (κ3) is 5.20. The van der Waals surface area contributed by atoms with E-state index in [1.165, 1.54) is 18.2 Å². The fourth-order valence-corrected chi connectivity index (χ4v) is 3.82. The summed E-state index contributed by atoms with van der Waals surface area (Å²) in [6, 6.07) is 21.5. The zero-order chi connectivity index (χ0) is 25.0. The smallest absolute Gasteiger partial charge is 0.418 e. The average Bonchev–Trinajstić information content (AvgIpc) is 3.19. The molecule has 0 saturated heterocycles. The van der Waals surface area contributed by atoms with Crippen molar-refractivity contribution in [1.82, 2.24) is 4.57 Å². The van der Waals surface area contributed by atoms with Gasteiger partial charge in [0.25, 0.3) is 5.91 Å². The number of alkyl halides is 3. The monoisotopic (exact) mass is 475 g/mol. The van der Waals surface area contributed by atoms with Crippen LogP contribution in [-0.2, 0) is 17.5 Å². The van der Waals surface area contributed by atoms with Crippen molar-refractivity contribution in [2.75, 3.05) is 12.4 Å². The summed E-state index contributed by atoms with van der Waals surface area (Å²) in [6.45, 7) is 0.512. The maximum Gasteiger partial charge on any atom is 0.418 e. The van der Waals surface area contributed by atoms with Crippen molar-refractivity contribution < 1.29 is 22.7 Å². The van der Waals surface area contributed by atoms with Crippen LogP contribution in [0.2, 0.25) is 0 Å². The Morgan fingerprint density at radius 1 is 1.09 bits per heavy atom. The van der Waals surface area contributed by atoms with Crippen molar-refractivity contribution in [3.63, 3.8) is 0 Å². The Morgan fingerprint density at radius 2 is 1.83 bits per heavy atom. The van der Waals surface area contributed by atoms with E-state index in [4.69, 9.17) is 4.74 Å². The van der Waals surface area contributed by atoms with Crippen LogP contribution in [0.4, 0.5) is 18.9 Å². The first-order valence-corrected chi connectivity index (χ1v) is 10.6. The highest BCUT2D eigenvalue weighted by Crippen LogP contribution is 2.35. The van der Waals surface area contributed by atoms with Gasteiger partial charge in [-0.05, 0) is 42.0 Å². The lowest BCUT2D eigenvalue weighted by Crippen LogP contribution is -2.17. The first kappa shape index (κ1) is 23.6. The molecular weight excluding hydrogens is 455 g/mol. The van der Waals surface area contributed by atoms with Gasteiger partial charge in [0.05, 0.1) is 18.4 Å². The summed E-state index contributed by atoms with van der Waals surface area (Å²) in [4.78, 5) is 12.7. The quantitative estimate of drug-likeness (QED) is 0.264. The summed E-state index contributed by atoms with van der Waals surface area (Å²) in [7, 11) is 1.59. The van der Waals surface area contributed by atoms with Crippen molar-refractivity contribution >= 4 is 28.6 Å². The molecule has 35 heavy (non-hydrogen) atoms. The Balaban J connectivity index is 1.68. The summed E-state index contributed by atoms with van der Waals surface area (Å²) in [5, 5.41) is 12.6. The minimum Gasteiger partial charge on any atom is -0.497 e. The van der Waals surface area contributed by atoms with Crippen LogP contribution in [-0.4, -0.2) is 17.6 Å². The maximum atomic E-state index is 13.3. The topological polar surface area (TPSA) is 67.0 Å². The molecule has 176 valence electrons. The largest absolute Gasteiger partial charge is 0.497 e. The van der Waals surface area contributed by atoms with Crippen LogP contribution in [0.3, 0.4) is 0 Å². The van der Waals surface area contributed by atoms with E-state index < -0.39 is 23.3 Å². The highest BCUT2D eigenvalue weighted by atomic mass is 19.4. The van der Waals surface area contributed by atoms with Gasteiger partial charge in [-0.1, -0.05) is 42.5 Å². The minimum atomic E-state index is -4.64. The van der Waals surface area contributed by atoms with E-state index in [1.54, 1.807) is 13.3 Å². The Hall–Kier alpha value is -4.51. The molecule has 0 aliphatic carbocycles. The van der Waals surface area contributed by atoms with E-state index in [-0.39, 0.29) is 5.57 Å². The van der Waals surface area contributed by atoms with Gasteiger partial charge in [-0.15, -0.1) is 0 Å². The number of rotatable bonds is 6. The number of nitrogens with zero attached hydrogens (tertiary/aromatic N) is 2. The van der Waals surface area contributed by atoms with Crippen LogP contribution in [0.1, 0.15) is 16.7 Å². The van der Waals surface area contributed by atoms with E-state index >= 15 is 0 Å². The fourth-order valence-electron chi connectivity index (χ4n) is 3.82. The number of carbonyl (C=O) groups excluding carboxylic acids is 1. The number of carbonyl (C=O) groups is 1. The van der Waals surface area contributed by atoms with Gasteiger partial charge in [-0.25, -0.2) is 0 Å². The molecule has 0 fully saturated rings. The molecule has 0 aliphatic rings. The average molecular weight is 475 g/mol. The van der Waals surface area contributed by atoms with Crippen molar-refractivity contribution in [2.45, 2.75) is 12.7 Å². The van der Waals surface area contributed by atoms with Gasteiger partial charge >= 0.3 is 6.18 Å². The van der Waals surface area contributed by atoms with Gasteiger partial charge in [0.2, 0.25) is 0 Å². The van der Waals surface area contributed by atoms with E-state index in [0.29, 0.717) is 12.1 Å². The van der Waals surface area contributed by atoms with Crippen LogP contribution >= 0.6 is 0 Å². The van der Waals surface area contributed by atoms with Crippen LogP contribution in [0.15, 0.2) is 84.6 Å². The molecule has 0 saturated carbocycles. The number of nitriles is 1. The Morgan fingerprint density at radius 3 is 2.57 bits per heavy atom. The molecule has 4 rings (SSSR count). The number of para-hydroxylation sites is 2. The van der Waals surface area contributed by atoms with Gasteiger partial charge in [0.15, 0.2) is 0 Å². The van der Waals surface area contributed by atoms with E-state index in [0.717, 1.165) is 34.3 Å². The minimum absolute atomic E-state index is 0.314. The van der Waals surface area contributed by atoms with Crippen LogP contribution in [0, 0.1) is 11.3 Å².